The van der Waals surface area contributed by atoms with E-state index < -0.39 is 18.1 Å². The van der Waals surface area contributed by atoms with E-state index in [4.69, 9.17) is 20.8 Å². The summed E-state index contributed by atoms with van der Waals surface area (Å²) in [5.41, 5.74) is 3.54. The van der Waals surface area contributed by atoms with Crippen LogP contribution >= 0.6 is 11.6 Å². The standard InChI is InChI=1S/C46H42ClN5O7/c1-58-39-13-5-11-34-35(39)27-40(47)50-42(34)45(56)51-24-6-10-33(51)26-41(53)48-31-18-14-28(15-19-31)37-22-23-38(59-37)29-16-20-32(21-17-29)49-44(55)36-12-7-25-52(36)46(57)43(54)30-8-3-2-4-9-30/h2-5,8-9,11,13-23,27,33,36,43,54H,6-7,10,12,24-26H2,1H3,(H,48,53)(H,49,55)/t33-,36-,43-/m0/s1. The third-order valence-corrected chi connectivity index (χ3v) is 11.2. The van der Waals surface area contributed by atoms with Crippen LogP contribution in [0.2, 0.25) is 5.15 Å². The summed E-state index contributed by atoms with van der Waals surface area (Å²) < 4.78 is 11.7. The number of nitrogens with zero attached hydrogens (tertiary/aromatic N) is 3. The average molecular weight is 812 g/mol. The predicted molar refractivity (Wildman–Crippen MR) is 225 cm³/mol. The number of rotatable bonds is 11. The number of aromatic nitrogens is 1. The van der Waals surface area contributed by atoms with Crippen LogP contribution in [0.3, 0.4) is 0 Å². The van der Waals surface area contributed by atoms with Crippen LogP contribution in [-0.4, -0.2) is 75.8 Å². The maximum absolute atomic E-state index is 13.8. The third kappa shape index (κ3) is 8.41. The molecule has 3 N–H and O–H groups in total. The van der Waals surface area contributed by atoms with Gasteiger partial charge in [-0.3, -0.25) is 19.2 Å². The van der Waals surface area contributed by atoms with E-state index in [1.165, 1.54) is 4.90 Å². The number of furan rings is 1. The second-order valence-corrected chi connectivity index (χ2v) is 15.1. The van der Waals surface area contributed by atoms with Gasteiger partial charge < -0.3 is 34.7 Å². The molecule has 4 heterocycles. The molecule has 2 aromatic heterocycles. The van der Waals surface area contributed by atoms with E-state index in [0.29, 0.717) is 77.3 Å². The first kappa shape index (κ1) is 39.3. The summed E-state index contributed by atoms with van der Waals surface area (Å²) in [5.74, 6) is 0.602. The number of anilines is 2. The highest BCUT2D eigenvalue weighted by Crippen LogP contribution is 2.33. The molecule has 13 heteroatoms. The first-order chi connectivity index (χ1) is 28.7. The molecule has 300 valence electrons. The molecular formula is C46H42ClN5O7. The monoisotopic (exact) mass is 811 g/mol. The second kappa shape index (κ2) is 17.2. The highest BCUT2D eigenvalue weighted by atomic mass is 35.5. The summed E-state index contributed by atoms with van der Waals surface area (Å²) in [6.07, 6.45) is 1.46. The van der Waals surface area contributed by atoms with Crippen molar-refractivity contribution in [2.75, 3.05) is 30.8 Å². The van der Waals surface area contributed by atoms with Crippen molar-refractivity contribution in [1.29, 1.82) is 0 Å². The quantitative estimate of drug-likeness (QED) is 0.111. The molecule has 0 bridgehead atoms. The first-order valence-electron chi connectivity index (χ1n) is 19.6. The minimum absolute atomic E-state index is 0.136. The lowest BCUT2D eigenvalue weighted by atomic mass is 10.1. The van der Waals surface area contributed by atoms with Crippen molar-refractivity contribution < 1.29 is 33.4 Å². The lowest BCUT2D eigenvalue weighted by Gasteiger charge is -2.26. The summed E-state index contributed by atoms with van der Waals surface area (Å²) >= 11 is 6.33. The van der Waals surface area contributed by atoms with Crippen molar-refractivity contribution in [3.63, 3.8) is 0 Å². The molecule has 2 saturated heterocycles. The molecule has 2 aliphatic rings. The van der Waals surface area contributed by atoms with E-state index in [1.54, 1.807) is 78.7 Å². The fourth-order valence-electron chi connectivity index (χ4n) is 7.98. The highest BCUT2D eigenvalue weighted by molar-refractivity contribution is 6.30. The van der Waals surface area contributed by atoms with Crippen LogP contribution in [0.1, 0.15) is 54.3 Å². The van der Waals surface area contributed by atoms with Crippen molar-refractivity contribution in [2.45, 2.75) is 50.3 Å². The van der Waals surface area contributed by atoms with E-state index in [9.17, 15) is 24.3 Å². The molecule has 6 aromatic rings. The van der Waals surface area contributed by atoms with Crippen LogP contribution in [0.15, 0.2) is 120 Å². The van der Waals surface area contributed by atoms with Crippen molar-refractivity contribution >= 4 is 57.4 Å². The number of likely N-dealkylation sites (tertiary alicyclic amines) is 2. The van der Waals surface area contributed by atoms with Gasteiger partial charge >= 0.3 is 0 Å². The van der Waals surface area contributed by atoms with Gasteiger partial charge in [0.2, 0.25) is 11.8 Å². The lowest BCUT2D eigenvalue weighted by molar-refractivity contribution is -0.144. The Morgan fingerprint density at radius 3 is 2.12 bits per heavy atom. The van der Waals surface area contributed by atoms with Crippen molar-refractivity contribution in [1.82, 2.24) is 14.8 Å². The molecule has 3 atom stereocenters. The van der Waals surface area contributed by atoms with E-state index in [1.807, 2.05) is 48.5 Å². The van der Waals surface area contributed by atoms with E-state index in [0.717, 1.165) is 17.5 Å². The van der Waals surface area contributed by atoms with E-state index in [-0.39, 0.29) is 41.0 Å². The summed E-state index contributed by atoms with van der Waals surface area (Å²) in [5, 5.41) is 18.1. The van der Waals surface area contributed by atoms with Gasteiger partial charge in [0.15, 0.2) is 6.10 Å². The number of hydrogen-bond donors (Lipinski definition) is 3. The number of hydrogen-bond acceptors (Lipinski definition) is 8. The van der Waals surface area contributed by atoms with Crippen molar-refractivity contribution in [2.24, 2.45) is 0 Å². The summed E-state index contributed by atoms with van der Waals surface area (Å²) in [6.45, 7) is 0.919. The van der Waals surface area contributed by atoms with Crippen LogP contribution in [0.4, 0.5) is 11.4 Å². The molecule has 4 amide bonds. The Morgan fingerprint density at radius 2 is 1.44 bits per heavy atom. The normalized spacial score (nSPS) is 16.9. The summed E-state index contributed by atoms with van der Waals surface area (Å²) in [6, 6.07) is 33.2. The van der Waals surface area contributed by atoms with Gasteiger partial charge in [-0.25, -0.2) is 4.98 Å². The molecule has 12 nitrogen and oxygen atoms in total. The van der Waals surface area contributed by atoms with Gasteiger partial charge in [0.1, 0.15) is 34.2 Å². The van der Waals surface area contributed by atoms with Gasteiger partial charge in [0, 0.05) is 58.8 Å². The lowest BCUT2D eigenvalue weighted by Crippen LogP contribution is -2.45. The van der Waals surface area contributed by atoms with Crippen LogP contribution in [0, 0.1) is 0 Å². The van der Waals surface area contributed by atoms with E-state index in [2.05, 4.69) is 15.6 Å². The largest absolute Gasteiger partial charge is 0.496 e. The number of nitrogens with one attached hydrogen (secondary N) is 2. The average Bonchev–Trinajstić information content (AvgIpc) is 4.06. The maximum atomic E-state index is 13.8. The van der Waals surface area contributed by atoms with Gasteiger partial charge in [-0.15, -0.1) is 0 Å². The fraction of sp³-hybridized carbons (Fsp3) is 0.239. The highest BCUT2D eigenvalue weighted by Gasteiger charge is 2.37. The Labute approximate surface area is 345 Å². The number of benzene rings is 4. The molecule has 0 radical (unpaired) electrons. The number of aliphatic hydroxyl groups is 1. The molecule has 4 aromatic carbocycles. The fourth-order valence-corrected chi connectivity index (χ4v) is 8.18. The number of methoxy groups -OCH3 is 1. The molecule has 0 aliphatic carbocycles. The number of carbonyl (C=O) groups is 4. The zero-order chi connectivity index (χ0) is 41.0. The van der Waals surface area contributed by atoms with Gasteiger partial charge in [-0.2, -0.15) is 0 Å². The van der Waals surface area contributed by atoms with Gasteiger partial charge in [0.25, 0.3) is 11.8 Å². The van der Waals surface area contributed by atoms with Crippen LogP contribution < -0.4 is 15.4 Å². The number of pyridine rings is 1. The summed E-state index contributed by atoms with van der Waals surface area (Å²) in [7, 11) is 1.56. The Hall–Kier alpha value is -6.50. The molecule has 8 rings (SSSR count). The smallest absolute Gasteiger partial charge is 0.273 e. The zero-order valence-electron chi connectivity index (χ0n) is 32.3. The predicted octanol–water partition coefficient (Wildman–Crippen LogP) is 8.12. The third-order valence-electron chi connectivity index (χ3n) is 11.0. The minimum atomic E-state index is -1.33. The molecule has 0 spiro atoms. The number of aliphatic hydroxyl groups excluding tert-OH is 1. The van der Waals surface area contributed by atoms with E-state index >= 15 is 0 Å². The Kier molecular flexibility index (Phi) is 11.4. The Morgan fingerprint density at radius 1 is 0.797 bits per heavy atom. The molecule has 0 saturated carbocycles. The number of amides is 4. The number of ether oxygens (including phenoxy) is 1. The molecule has 2 fully saturated rings. The topological polar surface area (TPSA) is 154 Å². The minimum Gasteiger partial charge on any atom is -0.496 e. The number of carbonyl (C=O) groups excluding carboxylic acids is 4. The van der Waals surface area contributed by atoms with Crippen LogP contribution in [-0.2, 0) is 14.4 Å². The molecule has 2 aliphatic heterocycles. The molecule has 59 heavy (non-hydrogen) atoms. The van der Waals surface area contributed by atoms with Crippen LogP contribution in [0.25, 0.3) is 33.4 Å². The van der Waals surface area contributed by atoms with Crippen molar-refractivity contribution in [3.8, 4) is 28.4 Å². The van der Waals surface area contributed by atoms with Crippen LogP contribution in [0.5, 0.6) is 5.75 Å². The number of fused-ring (bicyclic) bond motifs is 1. The first-order valence-corrected chi connectivity index (χ1v) is 19.9. The zero-order valence-corrected chi connectivity index (χ0v) is 33.0. The second-order valence-electron chi connectivity index (χ2n) is 14.7. The van der Waals surface area contributed by atoms with Gasteiger partial charge in [-0.05, 0) is 104 Å². The Balaban J connectivity index is 0.857. The molecule has 0 unspecified atom stereocenters. The van der Waals surface area contributed by atoms with Crippen molar-refractivity contribution in [3.05, 3.63) is 132 Å². The SMILES string of the molecule is COc1cccc2c(C(=O)N3CCC[C@H]3CC(=O)Nc3ccc(-c4ccc(-c5ccc(NC(=O)[C@@H]6CCCN6C(=O)[C@@H](O)c6ccccc6)cc5)o4)cc3)nc(Cl)cc12. The number of halogens is 1. The Bertz CT molecular complexity index is 2510. The van der Waals surface area contributed by atoms with Gasteiger partial charge in [0.05, 0.1) is 7.11 Å². The van der Waals surface area contributed by atoms with Gasteiger partial charge in [-0.1, -0.05) is 54.1 Å². The summed E-state index contributed by atoms with van der Waals surface area (Å²) in [4.78, 5) is 60.9. The maximum Gasteiger partial charge on any atom is 0.273 e. The molecular weight excluding hydrogens is 770 g/mol.